The maximum absolute atomic E-state index is 12.9. The Kier molecular flexibility index (Phi) is 9.24. The van der Waals surface area contributed by atoms with Gasteiger partial charge in [-0.1, -0.05) is 23.2 Å². The van der Waals surface area contributed by atoms with E-state index in [1.54, 1.807) is 50.2 Å². The molecule has 0 bridgehead atoms. The Morgan fingerprint density at radius 3 is 1.79 bits per heavy atom. The number of hydrogen-bond donors (Lipinski definition) is 2. The molecule has 216 valence electrons. The summed E-state index contributed by atoms with van der Waals surface area (Å²) in [5.41, 5.74) is 2.16. The summed E-state index contributed by atoms with van der Waals surface area (Å²) in [5.74, 6) is -4.72. The normalized spacial score (nSPS) is 12.0. The monoisotopic (exact) mass is 611 g/mol. The zero-order valence-electron chi connectivity index (χ0n) is 22.3. The molecule has 11 nitrogen and oxygen atoms in total. The number of nitrogens with one attached hydrogen (secondary N) is 2. The summed E-state index contributed by atoms with van der Waals surface area (Å²) in [6, 6.07) is 13.4. The van der Waals surface area contributed by atoms with Gasteiger partial charge in [0.25, 0.3) is 23.6 Å². The van der Waals surface area contributed by atoms with Crippen molar-refractivity contribution in [3.8, 4) is 0 Å². The SMILES string of the molecule is Cc1cc(Cl)ccc1NC(=O)COC(=O)CN1C(=O)c2ccc(C(=O)OCC(=O)Nc3ccc(Cl)cc3C)cc2C1=O. The van der Waals surface area contributed by atoms with Crippen LogP contribution in [-0.2, 0) is 23.9 Å². The van der Waals surface area contributed by atoms with Gasteiger partial charge in [0.05, 0.1) is 16.7 Å². The van der Waals surface area contributed by atoms with Crippen molar-refractivity contribution in [2.24, 2.45) is 0 Å². The Labute approximate surface area is 249 Å². The number of halogens is 2. The summed E-state index contributed by atoms with van der Waals surface area (Å²) in [5, 5.41) is 6.17. The molecule has 0 fully saturated rings. The second kappa shape index (κ2) is 12.8. The number of rotatable bonds is 9. The molecular formula is C29H23Cl2N3O8. The fourth-order valence-corrected chi connectivity index (χ4v) is 4.46. The van der Waals surface area contributed by atoms with Gasteiger partial charge in [-0.15, -0.1) is 0 Å². The zero-order chi connectivity index (χ0) is 30.6. The zero-order valence-corrected chi connectivity index (χ0v) is 23.8. The van der Waals surface area contributed by atoms with Crippen LogP contribution in [0.4, 0.5) is 11.4 Å². The molecule has 0 radical (unpaired) electrons. The van der Waals surface area contributed by atoms with Gasteiger partial charge in [0.1, 0.15) is 6.54 Å². The molecule has 0 aromatic heterocycles. The molecule has 2 N–H and O–H groups in total. The Hall–Kier alpha value is -4.74. The topological polar surface area (TPSA) is 148 Å². The maximum atomic E-state index is 12.9. The number of anilines is 2. The molecule has 1 aliphatic heterocycles. The van der Waals surface area contributed by atoms with E-state index in [0.29, 0.717) is 37.4 Å². The van der Waals surface area contributed by atoms with Gasteiger partial charge in [0, 0.05) is 21.4 Å². The van der Waals surface area contributed by atoms with Crippen LogP contribution in [0.25, 0.3) is 0 Å². The highest BCUT2D eigenvalue weighted by atomic mass is 35.5. The molecular weight excluding hydrogens is 589 g/mol. The highest BCUT2D eigenvalue weighted by molar-refractivity contribution is 6.31. The second-order valence-corrected chi connectivity index (χ2v) is 10.1. The van der Waals surface area contributed by atoms with Crippen LogP contribution in [-0.4, -0.2) is 60.2 Å². The van der Waals surface area contributed by atoms with E-state index < -0.39 is 55.3 Å². The predicted octanol–water partition coefficient (Wildman–Crippen LogP) is 4.18. The summed E-state index contributed by atoms with van der Waals surface area (Å²) >= 11 is 11.8. The Morgan fingerprint density at radius 2 is 1.24 bits per heavy atom. The summed E-state index contributed by atoms with van der Waals surface area (Å²) in [6.07, 6.45) is 0. The highest BCUT2D eigenvalue weighted by Crippen LogP contribution is 2.25. The van der Waals surface area contributed by atoms with Gasteiger partial charge in [-0.25, -0.2) is 4.79 Å². The molecule has 0 saturated heterocycles. The molecule has 4 rings (SSSR count). The summed E-state index contributed by atoms with van der Waals surface area (Å²) in [7, 11) is 0. The number of hydrogen-bond acceptors (Lipinski definition) is 8. The number of imide groups is 1. The number of ether oxygens (including phenoxy) is 2. The maximum Gasteiger partial charge on any atom is 0.338 e. The van der Waals surface area contributed by atoms with Gasteiger partial charge < -0.3 is 20.1 Å². The summed E-state index contributed by atoms with van der Waals surface area (Å²) in [4.78, 5) is 75.5. The second-order valence-electron chi connectivity index (χ2n) is 9.21. The van der Waals surface area contributed by atoms with E-state index in [1.807, 2.05) is 0 Å². The third-order valence-corrected chi connectivity index (χ3v) is 6.59. The molecule has 0 atom stereocenters. The van der Waals surface area contributed by atoms with Crippen LogP contribution in [0.5, 0.6) is 0 Å². The molecule has 4 amide bonds. The number of benzene rings is 3. The summed E-state index contributed by atoms with van der Waals surface area (Å²) in [6.45, 7) is 1.49. The van der Waals surface area contributed by atoms with E-state index in [2.05, 4.69) is 10.6 Å². The van der Waals surface area contributed by atoms with E-state index in [4.69, 9.17) is 32.7 Å². The van der Waals surface area contributed by atoms with Crippen LogP contribution in [0.3, 0.4) is 0 Å². The standard InChI is InChI=1S/C29H23Cl2N3O8/c1-15-9-18(30)4-7-22(15)32-24(35)13-41-26(37)12-34-27(38)20-6-3-17(11-21(20)28(34)39)29(40)42-14-25(36)33-23-8-5-19(31)10-16(23)2/h3-11H,12-14H2,1-2H3,(H,32,35)(H,33,36). The van der Waals surface area contributed by atoms with E-state index in [9.17, 15) is 28.8 Å². The first-order chi connectivity index (χ1) is 19.9. The average molecular weight is 612 g/mol. The lowest BCUT2D eigenvalue weighted by molar-refractivity contribution is -0.147. The minimum Gasteiger partial charge on any atom is -0.454 e. The first-order valence-corrected chi connectivity index (χ1v) is 13.1. The molecule has 0 unspecified atom stereocenters. The van der Waals surface area contributed by atoms with Crippen molar-refractivity contribution < 1.29 is 38.2 Å². The van der Waals surface area contributed by atoms with E-state index in [0.717, 1.165) is 6.07 Å². The van der Waals surface area contributed by atoms with Crippen molar-refractivity contribution in [3.63, 3.8) is 0 Å². The van der Waals surface area contributed by atoms with Crippen LogP contribution < -0.4 is 10.6 Å². The van der Waals surface area contributed by atoms with Crippen molar-refractivity contribution in [3.05, 3.63) is 92.5 Å². The lowest BCUT2D eigenvalue weighted by Crippen LogP contribution is -2.36. The number of aryl methyl sites for hydroxylation is 2. The quantitative estimate of drug-likeness (QED) is 0.270. The molecule has 1 heterocycles. The van der Waals surface area contributed by atoms with Crippen LogP contribution in [0.15, 0.2) is 54.6 Å². The fraction of sp³-hybridized carbons (Fsp3) is 0.172. The van der Waals surface area contributed by atoms with Crippen molar-refractivity contribution >= 4 is 70.1 Å². The molecule has 3 aromatic rings. The molecule has 13 heteroatoms. The van der Waals surface area contributed by atoms with Gasteiger partial charge in [-0.05, 0) is 79.6 Å². The van der Waals surface area contributed by atoms with Gasteiger partial charge in [0.2, 0.25) is 0 Å². The lowest BCUT2D eigenvalue weighted by Gasteiger charge is -2.13. The van der Waals surface area contributed by atoms with Crippen molar-refractivity contribution in [2.45, 2.75) is 13.8 Å². The lowest BCUT2D eigenvalue weighted by atomic mass is 10.1. The van der Waals surface area contributed by atoms with Crippen LogP contribution in [0, 0.1) is 13.8 Å². The Bertz CT molecular complexity index is 1640. The smallest absolute Gasteiger partial charge is 0.338 e. The van der Waals surface area contributed by atoms with Crippen molar-refractivity contribution in [2.75, 3.05) is 30.4 Å². The van der Waals surface area contributed by atoms with Gasteiger partial charge in [-0.2, -0.15) is 0 Å². The molecule has 0 saturated carbocycles. The Morgan fingerprint density at radius 1 is 0.714 bits per heavy atom. The number of esters is 2. The average Bonchev–Trinajstić information content (AvgIpc) is 3.17. The van der Waals surface area contributed by atoms with Crippen LogP contribution >= 0.6 is 23.2 Å². The molecule has 3 aromatic carbocycles. The molecule has 42 heavy (non-hydrogen) atoms. The van der Waals surface area contributed by atoms with Crippen molar-refractivity contribution in [1.82, 2.24) is 4.90 Å². The van der Waals surface area contributed by atoms with E-state index in [-0.39, 0.29) is 16.7 Å². The first-order valence-electron chi connectivity index (χ1n) is 12.4. The van der Waals surface area contributed by atoms with Gasteiger partial charge in [-0.3, -0.25) is 28.9 Å². The minimum absolute atomic E-state index is 0.0312. The van der Waals surface area contributed by atoms with Crippen molar-refractivity contribution in [1.29, 1.82) is 0 Å². The summed E-state index contributed by atoms with van der Waals surface area (Å²) < 4.78 is 9.97. The number of nitrogens with zero attached hydrogens (tertiary/aromatic N) is 1. The van der Waals surface area contributed by atoms with Crippen LogP contribution in [0.2, 0.25) is 10.0 Å². The number of amides is 4. The third-order valence-electron chi connectivity index (χ3n) is 6.12. The third kappa shape index (κ3) is 7.12. The fourth-order valence-electron chi connectivity index (χ4n) is 4.00. The van der Waals surface area contributed by atoms with Gasteiger partial charge >= 0.3 is 11.9 Å². The van der Waals surface area contributed by atoms with E-state index in [1.165, 1.54) is 12.1 Å². The minimum atomic E-state index is -0.992. The highest BCUT2D eigenvalue weighted by Gasteiger charge is 2.37. The predicted molar refractivity (Wildman–Crippen MR) is 153 cm³/mol. The Balaban J connectivity index is 1.30. The largest absolute Gasteiger partial charge is 0.454 e. The van der Waals surface area contributed by atoms with E-state index >= 15 is 0 Å². The first kappa shape index (κ1) is 30.2. The van der Waals surface area contributed by atoms with Gasteiger partial charge in [0.15, 0.2) is 13.2 Å². The van der Waals surface area contributed by atoms with Crippen LogP contribution in [0.1, 0.15) is 42.2 Å². The number of carbonyl (C=O) groups excluding carboxylic acids is 6. The number of fused-ring (bicyclic) bond motifs is 1. The molecule has 0 spiro atoms. The number of carbonyl (C=O) groups is 6. The molecule has 0 aliphatic carbocycles. The molecule has 1 aliphatic rings.